The third-order valence-electron chi connectivity index (χ3n) is 5.80. The smallest absolute Gasteiger partial charge is 0.245 e. The number of anilines is 1. The highest BCUT2D eigenvalue weighted by Gasteiger charge is 2.37. The first-order valence-electron chi connectivity index (χ1n) is 10.1. The molecule has 1 N–H and O–H groups in total. The number of carbonyl (C=O) groups excluding carboxylic acids is 1. The van der Waals surface area contributed by atoms with Crippen molar-refractivity contribution < 1.29 is 14.1 Å². The molecule has 2 aliphatic rings. The van der Waals surface area contributed by atoms with Crippen molar-refractivity contribution in [1.82, 2.24) is 14.3 Å². The predicted molar refractivity (Wildman–Crippen MR) is 107 cm³/mol. The van der Waals surface area contributed by atoms with E-state index in [1.165, 1.54) is 23.7 Å². The number of piperazine rings is 1. The molecule has 0 unspecified atom stereocenters. The molecule has 1 atom stereocenters. The Kier molecular flexibility index (Phi) is 5.87. The lowest BCUT2D eigenvalue weighted by molar-refractivity contribution is -0.902. The van der Waals surface area contributed by atoms with Gasteiger partial charge in [-0.1, -0.05) is 12.1 Å². The van der Waals surface area contributed by atoms with Crippen LogP contribution < -0.4 is 9.80 Å². The zero-order chi connectivity index (χ0) is 19.5. The predicted octanol–water partition coefficient (Wildman–Crippen LogP) is 0.984. The molecule has 0 spiro atoms. The molecular weight excluding hydrogens is 377 g/mol. The average Bonchev–Trinajstić information content (AvgIpc) is 3.38. The maximum Gasteiger partial charge on any atom is 0.245 e. The van der Waals surface area contributed by atoms with E-state index in [1.54, 1.807) is 17.0 Å². The Balaban J connectivity index is 1.41. The first-order valence-corrected chi connectivity index (χ1v) is 10.9. The minimum Gasteiger partial charge on any atom is -0.335 e. The van der Waals surface area contributed by atoms with Gasteiger partial charge in [-0.2, -0.15) is 4.37 Å². The number of hydrogen-bond donors (Lipinski definition) is 1. The third-order valence-corrected chi connectivity index (χ3v) is 6.59. The topological polar surface area (TPSA) is 53.8 Å². The Morgan fingerprint density at radius 2 is 2.00 bits per heavy atom. The second kappa shape index (κ2) is 8.53. The molecule has 2 aliphatic heterocycles. The van der Waals surface area contributed by atoms with Crippen molar-refractivity contribution in [3.63, 3.8) is 0 Å². The Morgan fingerprint density at radius 3 is 2.71 bits per heavy atom. The molecule has 1 aromatic heterocycles. The number of benzene rings is 1. The summed E-state index contributed by atoms with van der Waals surface area (Å²) in [5.41, 5.74) is 0.982. The normalized spacial score (nSPS) is 20.7. The molecule has 2 saturated heterocycles. The summed E-state index contributed by atoms with van der Waals surface area (Å²) in [6.07, 6.45) is 2.46. The van der Waals surface area contributed by atoms with Crippen LogP contribution in [-0.4, -0.2) is 65.5 Å². The van der Waals surface area contributed by atoms with Crippen molar-refractivity contribution in [2.24, 2.45) is 0 Å². The number of amides is 1. The molecule has 1 aromatic carbocycles. The van der Waals surface area contributed by atoms with Crippen molar-refractivity contribution in [2.75, 3.05) is 44.2 Å². The van der Waals surface area contributed by atoms with E-state index in [0.717, 1.165) is 68.6 Å². The van der Waals surface area contributed by atoms with Crippen molar-refractivity contribution >= 4 is 22.6 Å². The van der Waals surface area contributed by atoms with Gasteiger partial charge in [-0.25, -0.2) is 9.37 Å². The number of likely N-dealkylation sites (N-methyl/N-ethyl adjacent to an activating group) is 1. The number of aromatic nitrogens is 2. The van der Waals surface area contributed by atoms with Crippen molar-refractivity contribution in [3.8, 4) is 0 Å². The fraction of sp³-hybridized carbons (Fsp3) is 0.550. The second-order valence-electron chi connectivity index (χ2n) is 7.58. The molecule has 6 nitrogen and oxygen atoms in total. The first-order chi connectivity index (χ1) is 13.6. The number of hydrogen-bond acceptors (Lipinski definition) is 5. The standard InChI is InChI=1S/C20H26FN5OS/c1-2-24-10-12-25(13-11-24)19(27)17-4-3-9-26(17)20-22-18(23-28-20)14-15-5-7-16(21)8-6-15/h5-8,17H,2-4,9-14H2,1H3/p+1/t17-/m0/s1. The lowest BCUT2D eigenvalue weighted by atomic mass is 10.1. The van der Waals surface area contributed by atoms with Crippen LogP contribution in [0.4, 0.5) is 9.52 Å². The van der Waals surface area contributed by atoms with Crippen LogP contribution >= 0.6 is 11.5 Å². The van der Waals surface area contributed by atoms with E-state index in [4.69, 9.17) is 0 Å². The number of halogens is 1. The van der Waals surface area contributed by atoms with E-state index in [0.29, 0.717) is 6.42 Å². The van der Waals surface area contributed by atoms with Crippen LogP contribution in [-0.2, 0) is 11.2 Å². The zero-order valence-electron chi connectivity index (χ0n) is 16.2. The van der Waals surface area contributed by atoms with Gasteiger partial charge in [0, 0.05) is 24.5 Å². The summed E-state index contributed by atoms with van der Waals surface area (Å²) in [7, 11) is 0. The minimum atomic E-state index is -0.240. The highest BCUT2D eigenvalue weighted by Crippen LogP contribution is 2.28. The zero-order valence-corrected chi connectivity index (χ0v) is 17.1. The molecule has 0 saturated carbocycles. The van der Waals surface area contributed by atoms with E-state index in [1.807, 2.05) is 4.90 Å². The van der Waals surface area contributed by atoms with Gasteiger partial charge < -0.3 is 14.7 Å². The molecule has 2 aromatic rings. The number of carbonyl (C=O) groups is 1. The summed E-state index contributed by atoms with van der Waals surface area (Å²) in [6, 6.07) is 6.32. The van der Waals surface area contributed by atoms with Gasteiger partial charge in [0.25, 0.3) is 0 Å². The Hall–Kier alpha value is -2.06. The monoisotopic (exact) mass is 404 g/mol. The third kappa shape index (κ3) is 4.17. The number of nitrogens with one attached hydrogen (secondary N) is 1. The van der Waals surface area contributed by atoms with Crippen LogP contribution in [0.5, 0.6) is 0 Å². The maximum absolute atomic E-state index is 13.1. The maximum atomic E-state index is 13.1. The van der Waals surface area contributed by atoms with Crippen LogP contribution in [0, 0.1) is 5.82 Å². The summed E-state index contributed by atoms with van der Waals surface area (Å²) < 4.78 is 17.5. The largest absolute Gasteiger partial charge is 0.335 e. The van der Waals surface area contributed by atoms with Crippen LogP contribution in [0.15, 0.2) is 24.3 Å². The van der Waals surface area contributed by atoms with E-state index < -0.39 is 0 Å². The average molecular weight is 405 g/mol. The van der Waals surface area contributed by atoms with E-state index in [-0.39, 0.29) is 17.8 Å². The van der Waals surface area contributed by atoms with Gasteiger partial charge in [-0.15, -0.1) is 0 Å². The lowest BCUT2D eigenvalue weighted by Gasteiger charge is -2.34. The SMILES string of the molecule is CC[NH+]1CCN(C(=O)[C@@H]2CCCN2c2nc(Cc3ccc(F)cc3)ns2)CC1. The summed E-state index contributed by atoms with van der Waals surface area (Å²) in [6.45, 7) is 7.94. The molecule has 8 heteroatoms. The minimum absolute atomic E-state index is 0.116. The van der Waals surface area contributed by atoms with Crippen LogP contribution in [0.25, 0.3) is 0 Å². The summed E-state index contributed by atoms with van der Waals surface area (Å²) in [5, 5.41) is 0.825. The number of nitrogens with zero attached hydrogens (tertiary/aromatic N) is 4. The van der Waals surface area contributed by atoms with Crippen molar-refractivity contribution in [3.05, 3.63) is 41.5 Å². The summed E-state index contributed by atoms with van der Waals surface area (Å²) in [4.78, 5) is 23.5. The van der Waals surface area contributed by atoms with E-state index in [2.05, 4.69) is 21.2 Å². The van der Waals surface area contributed by atoms with Gasteiger partial charge in [0.2, 0.25) is 11.0 Å². The first kappa shape index (κ1) is 19.3. The quantitative estimate of drug-likeness (QED) is 0.807. The highest BCUT2D eigenvalue weighted by molar-refractivity contribution is 7.09. The van der Waals surface area contributed by atoms with Gasteiger partial charge in [0.05, 0.1) is 32.7 Å². The molecular formula is C20H27FN5OS+. The Bertz CT molecular complexity index is 803. The summed E-state index contributed by atoms with van der Waals surface area (Å²) in [5.74, 6) is 0.725. The highest BCUT2D eigenvalue weighted by atomic mass is 32.1. The molecule has 1 amide bonds. The fourth-order valence-corrected chi connectivity index (χ4v) is 4.84. The van der Waals surface area contributed by atoms with E-state index >= 15 is 0 Å². The molecule has 3 heterocycles. The Morgan fingerprint density at radius 1 is 1.25 bits per heavy atom. The van der Waals surface area contributed by atoms with Crippen LogP contribution in [0.1, 0.15) is 31.2 Å². The van der Waals surface area contributed by atoms with Gasteiger partial charge in [-0.05, 0) is 37.5 Å². The fourth-order valence-electron chi connectivity index (χ4n) is 4.08. The van der Waals surface area contributed by atoms with E-state index in [9.17, 15) is 9.18 Å². The molecule has 2 fully saturated rings. The molecule has 28 heavy (non-hydrogen) atoms. The molecule has 0 radical (unpaired) electrons. The lowest BCUT2D eigenvalue weighted by Crippen LogP contribution is -3.14. The van der Waals surface area contributed by atoms with Crippen LogP contribution in [0.3, 0.4) is 0 Å². The van der Waals surface area contributed by atoms with Crippen LogP contribution in [0.2, 0.25) is 0 Å². The molecule has 4 rings (SSSR count). The van der Waals surface area contributed by atoms with Gasteiger partial charge in [0.1, 0.15) is 17.7 Å². The number of quaternary nitrogens is 1. The molecule has 0 bridgehead atoms. The van der Waals surface area contributed by atoms with Gasteiger partial charge >= 0.3 is 0 Å². The summed E-state index contributed by atoms with van der Waals surface area (Å²) >= 11 is 1.36. The molecule has 150 valence electrons. The van der Waals surface area contributed by atoms with Gasteiger partial charge in [-0.3, -0.25) is 4.79 Å². The van der Waals surface area contributed by atoms with Crippen molar-refractivity contribution in [1.29, 1.82) is 0 Å². The second-order valence-corrected chi connectivity index (χ2v) is 8.31. The molecule has 0 aliphatic carbocycles. The van der Waals surface area contributed by atoms with Gasteiger partial charge in [0.15, 0.2) is 0 Å². The van der Waals surface area contributed by atoms with Crippen molar-refractivity contribution in [2.45, 2.75) is 32.2 Å². The number of rotatable bonds is 5. The Labute approximate surface area is 169 Å².